The summed E-state index contributed by atoms with van der Waals surface area (Å²) in [6, 6.07) is 10.8. The first kappa shape index (κ1) is 17.8. The van der Waals surface area contributed by atoms with E-state index in [1.54, 1.807) is 23.1 Å². The molecule has 1 heterocycles. The van der Waals surface area contributed by atoms with Gasteiger partial charge in [0.05, 0.1) is 16.0 Å². The molecular formula is C19H18Cl2N2O2. The fourth-order valence-electron chi connectivity index (χ4n) is 2.91. The summed E-state index contributed by atoms with van der Waals surface area (Å²) in [4.78, 5) is 26.5. The number of aryl methyl sites for hydroxylation is 1. The van der Waals surface area contributed by atoms with Gasteiger partial charge in [-0.15, -0.1) is 0 Å². The topological polar surface area (TPSA) is 49.4 Å². The molecule has 0 bridgehead atoms. The van der Waals surface area contributed by atoms with Gasteiger partial charge in [-0.25, -0.2) is 0 Å². The molecule has 1 unspecified atom stereocenters. The van der Waals surface area contributed by atoms with Crippen LogP contribution in [0.25, 0.3) is 0 Å². The summed E-state index contributed by atoms with van der Waals surface area (Å²) in [5.74, 6) is -0.647. The van der Waals surface area contributed by atoms with E-state index in [2.05, 4.69) is 5.32 Å². The van der Waals surface area contributed by atoms with Crippen LogP contribution in [0.1, 0.15) is 17.5 Å². The van der Waals surface area contributed by atoms with E-state index < -0.39 is 5.92 Å². The molecule has 1 fully saturated rings. The number of carbonyl (C=O) groups excluding carboxylic acids is 2. The van der Waals surface area contributed by atoms with Crippen LogP contribution in [0, 0.1) is 19.8 Å². The van der Waals surface area contributed by atoms with Crippen LogP contribution in [0.15, 0.2) is 36.4 Å². The van der Waals surface area contributed by atoms with E-state index in [0.717, 1.165) is 16.8 Å². The van der Waals surface area contributed by atoms with E-state index in [1.165, 1.54) is 0 Å². The van der Waals surface area contributed by atoms with Crippen molar-refractivity contribution < 1.29 is 9.59 Å². The van der Waals surface area contributed by atoms with Gasteiger partial charge in [-0.1, -0.05) is 35.3 Å². The smallest absolute Gasteiger partial charge is 0.229 e. The molecule has 4 nitrogen and oxygen atoms in total. The van der Waals surface area contributed by atoms with Crippen molar-refractivity contribution in [2.75, 3.05) is 16.8 Å². The first-order chi connectivity index (χ1) is 11.9. The van der Waals surface area contributed by atoms with Gasteiger partial charge in [0.1, 0.15) is 0 Å². The van der Waals surface area contributed by atoms with Gasteiger partial charge in [0, 0.05) is 24.3 Å². The lowest BCUT2D eigenvalue weighted by Gasteiger charge is -2.17. The van der Waals surface area contributed by atoms with Crippen LogP contribution in [0.5, 0.6) is 0 Å². The highest BCUT2D eigenvalue weighted by Gasteiger charge is 2.35. The number of rotatable bonds is 3. The number of hydrogen-bond acceptors (Lipinski definition) is 2. The van der Waals surface area contributed by atoms with E-state index in [9.17, 15) is 9.59 Å². The Morgan fingerprint density at radius 3 is 2.64 bits per heavy atom. The summed E-state index contributed by atoms with van der Waals surface area (Å²) in [6.07, 6.45) is 0.178. The third-order valence-corrected chi connectivity index (χ3v) is 5.31. The molecule has 6 heteroatoms. The minimum absolute atomic E-state index is 0.0977. The fraction of sp³-hybridized carbons (Fsp3) is 0.263. The van der Waals surface area contributed by atoms with Crippen LogP contribution in [-0.4, -0.2) is 18.4 Å². The number of amides is 2. The van der Waals surface area contributed by atoms with E-state index >= 15 is 0 Å². The molecule has 0 aliphatic carbocycles. The van der Waals surface area contributed by atoms with Gasteiger partial charge in [0.2, 0.25) is 11.8 Å². The Bertz CT molecular complexity index is 851. The monoisotopic (exact) mass is 376 g/mol. The quantitative estimate of drug-likeness (QED) is 0.850. The van der Waals surface area contributed by atoms with Crippen LogP contribution in [0.2, 0.25) is 10.0 Å². The van der Waals surface area contributed by atoms with Gasteiger partial charge >= 0.3 is 0 Å². The highest BCUT2D eigenvalue weighted by molar-refractivity contribution is 6.42. The van der Waals surface area contributed by atoms with Crippen molar-refractivity contribution in [3.05, 3.63) is 57.6 Å². The second kappa shape index (κ2) is 7.06. The standard InChI is InChI=1S/C19H18Cl2N2O2/c1-11-4-3-5-17(12(11)2)22-19(25)13-8-18(24)23(10-13)14-6-7-15(20)16(21)9-14/h3-7,9,13H,8,10H2,1-2H3,(H,22,25). The SMILES string of the molecule is Cc1cccc(NC(=O)C2CC(=O)N(c3ccc(Cl)c(Cl)c3)C2)c1C. The molecule has 0 radical (unpaired) electrons. The van der Waals surface area contributed by atoms with Crippen LogP contribution < -0.4 is 10.2 Å². The summed E-state index contributed by atoms with van der Waals surface area (Å²) in [5.41, 5.74) is 3.58. The van der Waals surface area contributed by atoms with Crippen molar-refractivity contribution in [3.8, 4) is 0 Å². The molecule has 1 saturated heterocycles. The lowest BCUT2D eigenvalue weighted by Crippen LogP contribution is -2.28. The third-order valence-electron chi connectivity index (χ3n) is 4.57. The van der Waals surface area contributed by atoms with Gasteiger partial charge in [-0.05, 0) is 49.2 Å². The van der Waals surface area contributed by atoms with Crippen molar-refractivity contribution in [3.63, 3.8) is 0 Å². The lowest BCUT2D eigenvalue weighted by atomic mass is 10.1. The summed E-state index contributed by atoms with van der Waals surface area (Å²) < 4.78 is 0. The molecule has 1 atom stereocenters. The Labute approximate surface area is 156 Å². The predicted molar refractivity (Wildman–Crippen MR) is 101 cm³/mol. The number of benzene rings is 2. The van der Waals surface area contributed by atoms with E-state index in [4.69, 9.17) is 23.2 Å². The fourth-order valence-corrected chi connectivity index (χ4v) is 3.20. The molecule has 1 aliphatic heterocycles. The van der Waals surface area contributed by atoms with Crippen LogP contribution >= 0.6 is 23.2 Å². The molecule has 0 spiro atoms. The molecule has 0 aromatic heterocycles. The summed E-state index contributed by atoms with van der Waals surface area (Å²) >= 11 is 12.0. The van der Waals surface area contributed by atoms with Crippen LogP contribution in [0.4, 0.5) is 11.4 Å². The number of hydrogen-bond donors (Lipinski definition) is 1. The van der Waals surface area contributed by atoms with Crippen molar-refractivity contribution in [2.24, 2.45) is 5.92 Å². The second-order valence-electron chi connectivity index (χ2n) is 6.24. The van der Waals surface area contributed by atoms with E-state index in [-0.39, 0.29) is 18.2 Å². The number of nitrogens with one attached hydrogen (secondary N) is 1. The van der Waals surface area contributed by atoms with E-state index in [0.29, 0.717) is 22.3 Å². The molecular weight excluding hydrogens is 359 g/mol. The second-order valence-corrected chi connectivity index (χ2v) is 7.05. The van der Waals surface area contributed by atoms with Gasteiger partial charge in [-0.2, -0.15) is 0 Å². The van der Waals surface area contributed by atoms with Gasteiger partial charge < -0.3 is 10.2 Å². The summed E-state index contributed by atoms with van der Waals surface area (Å²) in [5, 5.41) is 3.76. The number of anilines is 2. The Morgan fingerprint density at radius 2 is 1.92 bits per heavy atom. The normalized spacial score (nSPS) is 17.0. The molecule has 2 aromatic rings. The zero-order chi connectivity index (χ0) is 18.1. The molecule has 1 aliphatic rings. The number of halogens is 2. The highest BCUT2D eigenvalue weighted by atomic mass is 35.5. The minimum Gasteiger partial charge on any atom is -0.326 e. The maximum absolute atomic E-state index is 12.6. The van der Waals surface area contributed by atoms with Gasteiger partial charge in [0.15, 0.2) is 0 Å². The first-order valence-corrected chi connectivity index (χ1v) is 8.75. The van der Waals surface area contributed by atoms with Gasteiger partial charge in [0.25, 0.3) is 0 Å². The average molecular weight is 377 g/mol. The van der Waals surface area contributed by atoms with Crippen LogP contribution in [-0.2, 0) is 9.59 Å². The number of carbonyl (C=O) groups is 2. The van der Waals surface area contributed by atoms with Crippen LogP contribution in [0.3, 0.4) is 0 Å². The van der Waals surface area contributed by atoms with Crippen molar-refractivity contribution in [1.29, 1.82) is 0 Å². The average Bonchev–Trinajstić information content (AvgIpc) is 2.96. The maximum atomic E-state index is 12.6. The Morgan fingerprint density at radius 1 is 1.16 bits per heavy atom. The van der Waals surface area contributed by atoms with Gasteiger partial charge in [-0.3, -0.25) is 9.59 Å². The molecule has 0 saturated carbocycles. The summed E-state index contributed by atoms with van der Waals surface area (Å²) in [6.45, 7) is 4.29. The van der Waals surface area contributed by atoms with Crippen molar-refractivity contribution in [2.45, 2.75) is 20.3 Å². The van der Waals surface area contributed by atoms with Crippen molar-refractivity contribution >= 4 is 46.4 Å². The largest absolute Gasteiger partial charge is 0.326 e. The highest BCUT2D eigenvalue weighted by Crippen LogP contribution is 2.31. The Kier molecular flexibility index (Phi) is 5.02. The molecule has 1 N–H and O–H groups in total. The minimum atomic E-state index is -0.401. The van der Waals surface area contributed by atoms with Crippen molar-refractivity contribution in [1.82, 2.24) is 0 Å². The zero-order valence-electron chi connectivity index (χ0n) is 14.0. The van der Waals surface area contributed by atoms with E-state index in [1.807, 2.05) is 32.0 Å². The number of nitrogens with zero attached hydrogens (tertiary/aromatic N) is 1. The zero-order valence-corrected chi connectivity index (χ0v) is 15.5. The first-order valence-electron chi connectivity index (χ1n) is 7.99. The summed E-state index contributed by atoms with van der Waals surface area (Å²) in [7, 11) is 0. The molecule has 25 heavy (non-hydrogen) atoms. The lowest BCUT2D eigenvalue weighted by molar-refractivity contribution is -0.122. The molecule has 3 rings (SSSR count). The Balaban J connectivity index is 1.74. The predicted octanol–water partition coefficient (Wildman–Crippen LogP) is 4.60. The molecule has 2 amide bonds. The molecule has 2 aromatic carbocycles. The molecule has 130 valence electrons. The third kappa shape index (κ3) is 3.65. The maximum Gasteiger partial charge on any atom is 0.229 e. The Hall–Kier alpha value is -2.04.